The Morgan fingerprint density at radius 1 is 1.19 bits per heavy atom. The molecular weight excluding hydrogens is 352 g/mol. The average molecular weight is 366 g/mol. The predicted octanol–water partition coefficient (Wildman–Crippen LogP) is 2.57. The Bertz CT molecular complexity index is 1100. The van der Waals surface area contributed by atoms with Crippen molar-refractivity contribution in [1.82, 2.24) is 15.3 Å². The van der Waals surface area contributed by atoms with Crippen molar-refractivity contribution < 1.29 is 14.7 Å². The van der Waals surface area contributed by atoms with Gasteiger partial charge in [0, 0.05) is 23.7 Å². The van der Waals surface area contributed by atoms with E-state index in [0.717, 1.165) is 15.0 Å². The summed E-state index contributed by atoms with van der Waals surface area (Å²) in [7, 11) is 0. The largest absolute Gasteiger partial charge is 0.618 e. The summed E-state index contributed by atoms with van der Waals surface area (Å²) in [4.78, 5) is 12.6. The number of hydrogen-bond donors (Lipinski definition) is 2. The maximum absolute atomic E-state index is 12.5. The molecule has 0 aliphatic carbocycles. The fraction of sp³-hybridized carbons (Fsp3) is 0.0556. The molecule has 7 nitrogen and oxygen atoms in total. The molecular formula is C18H14N4O3S. The third-order valence-electron chi connectivity index (χ3n) is 4.02. The lowest BCUT2D eigenvalue weighted by Gasteiger charge is -2.07. The molecule has 0 spiro atoms. The normalized spacial score (nSPS) is 11.0. The van der Waals surface area contributed by atoms with Crippen molar-refractivity contribution in [3.05, 3.63) is 76.6 Å². The van der Waals surface area contributed by atoms with Gasteiger partial charge in [0.2, 0.25) is 11.2 Å². The minimum atomic E-state index is -0.552. The molecule has 0 unspecified atom stereocenters. The quantitative estimate of drug-likeness (QED) is 0.251. The SMILES string of the molecule is O=C(NO)c1ccc(-c2ccn(Cc3ccc4ccccc4[n+]3[O-])n2)s1. The Balaban J connectivity index is 1.60. The van der Waals surface area contributed by atoms with Crippen LogP contribution in [-0.2, 0) is 6.54 Å². The summed E-state index contributed by atoms with van der Waals surface area (Å²) in [6.45, 7) is 0.337. The van der Waals surface area contributed by atoms with E-state index in [4.69, 9.17) is 5.21 Å². The van der Waals surface area contributed by atoms with Crippen LogP contribution >= 0.6 is 11.3 Å². The van der Waals surface area contributed by atoms with Crippen LogP contribution in [-0.4, -0.2) is 20.9 Å². The molecule has 3 heterocycles. The summed E-state index contributed by atoms with van der Waals surface area (Å²) in [6.07, 6.45) is 1.79. The molecule has 0 saturated carbocycles. The second-order valence-corrected chi connectivity index (χ2v) is 6.77. The fourth-order valence-electron chi connectivity index (χ4n) is 2.74. The molecule has 0 fully saturated rings. The van der Waals surface area contributed by atoms with Gasteiger partial charge in [-0.3, -0.25) is 14.7 Å². The van der Waals surface area contributed by atoms with E-state index in [9.17, 15) is 10.0 Å². The van der Waals surface area contributed by atoms with E-state index in [-0.39, 0.29) is 0 Å². The van der Waals surface area contributed by atoms with Gasteiger partial charge in [-0.1, -0.05) is 12.1 Å². The summed E-state index contributed by atoms with van der Waals surface area (Å²) in [5, 5.41) is 26.6. The number of carbonyl (C=O) groups is 1. The van der Waals surface area contributed by atoms with Gasteiger partial charge < -0.3 is 5.21 Å². The Morgan fingerprint density at radius 2 is 2.04 bits per heavy atom. The molecule has 2 N–H and O–H groups in total. The molecule has 4 aromatic rings. The van der Waals surface area contributed by atoms with Crippen LogP contribution in [0.15, 0.2) is 60.8 Å². The summed E-state index contributed by atoms with van der Waals surface area (Å²) in [5.41, 5.74) is 3.52. The maximum Gasteiger partial charge on any atom is 0.284 e. The van der Waals surface area contributed by atoms with Gasteiger partial charge in [0.15, 0.2) is 0 Å². The standard InChI is InChI=1S/C18H14N4O3S/c23-18(20-24)17-8-7-16(26-17)14-9-10-21(19-14)11-13-6-5-12-3-1-2-4-15(12)22(13)25/h1-10,24H,11H2,(H,20,23). The van der Waals surface area contributed by atoms with E-state index in [1.807, 2.05) is 30.3 Å². The van der Waals surface area contributed by atoms with E-state index in [1.165, 1.54) is 11.3 Å². The molecule has 3 aromatic heterocycles. The van der Waals surface area contributed by atoms with Gasteiger partial charge in [0.1, 0.15) is 12.2 Å². The Labute approximate surface area is 152 Å². The van der Waals surface area contributed by atoms with Gasteiger partial charge in [-0.05, 0) is 30.3 Å². The Kier molecular flexibility index (Phi) is 4.11. The van der Waals surface area contributed by atoms with Crippen LogP contribution in [0.25, 0.3) is 21.5 Å². The molecule has 0 atom stereocenters. The van der Waals surface area contributed by atoms with Crippen LogP contribution in [0.5, 0.6) is 0 Å². The number of nitrogens with zero attached hydrogens (tertiary/aromatic N) is 3. The highest BCUT2D eigenvalue weighted by atomic mass is 32.1. The lowest BCUT2D eigenvalue weighted by molar-refractivity contribution is -0.586. The number of thiophene rings is 1. The minimum Gasteiger partial charge on any atom is -0.618 e. The first-order valence-electron chi connectivity index (χ1n) is 7.84. The summed E-state index contributed by atoms with van der Waals surface area (Å²) in [5.74, 6) is -0.552. The highest BCUT2D eigenvalue weighted by molar-refractivity contribution is 7.17. The number of rotatable bonds is 4. The summed E-state index contributed by atoms with van der Waals surface area (Å²) in [6, 6.07) is 16.4. The number of hydrogen-bond acceptors (Lipinski definition) is 5. The van der Waals surface area contributed by atoms with E-state index in [1.54, 1.807) is 40.6 Å². The lowest BCUT2D eigenvalue weighted by atomic mass is 10.2. The number of aromatic nitrogens is 3. The highest BCUT2D eigenvalue weighted by Gasteiger charge is 2.14. The second-order valence-electron chi connectivity index (χ2n) is 5.68. The van der Waals surface area contributed by atoms with Gasteiger partial charge in [0.05, 0.1) is 9.75 Å². The maximum atomic E-state index is 12.5. The van der Waals surface area contributed by atoms with Crippen molar-refractivity contribution in [2.24, 2.45) is 0 Å². The monoisotopic (exact) mass is 366 g/mol. The van der Waals surface area contributed by atoms with Crippen molar-refractivity contribution >= 4 is 28.1 Å². The smallest absolute Gasteiger partial charge is 0.284 e. The van der Waals surface area contributed by atoms with E-state index in [2.05, 4.69) is 5.10 Å². The third-order valence-corrected chi connectivity index (χ3v) is 5.13. The Morgan fingerprint density at radius 3 is 2.88 bits per heavy atom. The first-order valence-corrected chi connectivity index (χ1v) is 8.65. The molecule has 26 heavy (non-hydrogen) atoms. The highest BCUT2D eigenvalue weighted by Crippen LogP contribution is 2.26. The fourth-order valence-corrected chi connectivity index (χ4v) is 3.60. The third kappa shape index (κ3) is 2.92. The second kappa shape index (κ2) is 6.58. The molecule has 1 amide bonds. The summed E-state index contributed by atoms with van der Waals surface area (Å²) >= 11 is 1.23. The topological polar surface area (TPSA) is 94.1 Å². The van der Waals surface area contributed by atoms with Crippen molar-refractivity contribution in [2.45, 2.75) is 6.54 Å². The Hall–Kier alpha value is -3.23. The molecule has 8 heteroatoms. The van der Waals surface area contributed by atoms with E-state index in [0.29, 0.717) is 28.3 Å². The minimum absolute atomic E-state index is 0.337. The van der Waals surface area contributed by atoms with Crippen molar-refractivity contribution in [3.8, 4) is 10.6 Å². The number of benzene rings is 1. The van der Waals surface area contributed by atoms with Gasteiger partial charge in [-0.25, -0.2) is 5.48 Å². The number of fused-ring (bicyclic) bond motifs is 1. The van der Waals surface area contributed by atoms with Crippen LogP contribution in [0.1, 0.15) is 15.4 Å². The molecule has 0 bridgehead atoms. The molecule has 130 valence electrons. The number of para-hydroxylation sites is 1. The van der Waals surface area contributed by atoms with Gasteiger partial charge in [-0.15, -0.1) is 11.3 Å². The number of pyridine rings is 1. The first-order chi connectivity index (χ1) is 12.7. The zero-order valence-electron chi connectivity index (χ0n) is 13.5. The zero-order valence-corrected chi connectivity index (χ0v) is 14.3. The average Bonchev–Trinajstić information content (AvgIpc) is 3.33. The van der Waals surface area contributed by atoms with E-state index < -0.39 is 5.91 Å². The number of hydroxylamine groups is 1. The lowest BCUT2D eigenvalue weighted by Crippen LogP contribution is -2.33. The number of amides is 1. The van der Waals surface area contributed by atoms with Gasteiger partial charge >= 0.3 is 0 Å². The van der Waals surface area contributed by atoms with Crippen LogP contribution < -0.4 is 10.2 Å². The van der Waals surface area contributed by atoms with Crippen LogP contribution in [0.3, 0.4) is 0 Å². The van der Waals surface area contributed by atoms with Crippen LogP contribution in [0.4, 0.5) is 0 Å². The van der Waals surface area contributed by atoms with Crippen molar-refractivity contribution in [3.63, 3.8) is 0 Å². The van der Waals surface area contributed by atoms with Crippen molar-refractivity contribution in [2.75, 3.05) is 0 Å². The molecule has 1 aromatic carbocycles. The van der Waals surface area contributed by atoms with Crippen LogP contribution in [0, 0.1) is 5.21 Å². The zero-order chi connectivity index (χ0) is 18.1. The van der Waals surface area contributed by atoms with Crippen LogP contribution in [0.2, 0.25) is 0 Å². The van der Waals surface area contributed by atoms with E-state index >= 15 is 0 Å². The van der Waals surface area contributed by atoms with Gasteiger partial charge in [0.25, 0.3) is 5.91 Å². The molecule has 0 saturated heterocycles. The van der Waals surface area contributed by atoms with Crippen molar-refractivity contribution in [1.29, 1.82) is 0 Å². The molecule has 0 aliphatic heterocycles. The van der Waals surface area contributed by atoms with Gasteiger partial charge in [-0.2, -0.15) is 9.83 Å². The summed E-state index contributed by atoms with van der Waals surface area (Å²) < 4.78 is 2.60. The number of nitrogens with one attached hydrogen (secondary N) is 1. The number of carbonyl (C=O) groups excluding carboxylic acids is 1. The predicted molar refractivity (Wildman–Crippen MR) is 96.8 cm³/mol. The first kappa shape index (κ1) is 16.2. The molecule has 4 rings (SSSR count). The molecule has 0 radical (unpaired) electrons. The molecule has 0 aliphatic rings.